The molecule has 0 atom stereocenters. The van der Waals surface area contributed by atoms with Crippen LogP contribution in [0.2, 0.25) is 0 Å². The Hall–Kier alpha value is -1.12. The van der Waals surface area contributed by atoms with Crippen molar-refractivity contribution in [1.82, 2.24) is 5.32 Å². The van der Waals surface area contributed by atoms with Gasteiger partial charge in [0.15, 0.2) is 0 Å². The van der Waals surface area contributed by atoms with Gasteiger partial charge in [0.25, 0.3) is 0 Å². The van der Waals surface area contributed by atoms with Gasteiger partial charge in [0.2, 0.25) is 0 Å². The highest BCUT2D eigenvalue weighted by atomic mass is 16.3. The first-order valence-corrected chi connectivity index (χ1v) is 6.53. The Balaban J connectivity index is 2.34. The van der Waals surface area contributed by atoms with E-state index in [0.29, 0.717) is 0 Å². The minimum atomic E-state index is 0.0206. The molecule has 0 aliphatic carbocycles. The van der Waals surface area contributed by atoms with E-state index in [4.69, 9.17) is 5.11 Å². The van der Waals surface area contributed by atoms with Crippen LogP contribution in [-0.2, 0) is 6.61 Å². The van der Waals surface area contributed by atoms with E-state index >= 15 is 0 Å². The zero-order valence-corrected chi connectivity index (χ0v) is 11.7. The number of hydrogen-bond donors (Lipinski definition) is 2. The third-order valence-electron chi connectivity index (χ3n) is 3.34. The normalized spacial score (nSPS) is 21.5. The van der Waals surface area contributed by atoms with Gasteiger partial charge >= 0.3 is 0 Å². The molecule has 2 nitrogen and oxygen atoms in total. The van der Waals surface area contributed by atoms with Crippen LogP contribution >= 0.6 is 0 Å². The molecule has 1 heterocycles. The second kappa shape index (κ2) is 4.52. The van der Waals surface area contributed by atoms with Crippen molar-refractivity contribution in [2.75, 3.05) is 0 Å². The molecular formula is C16H23NO. The number of hydrogen-bond acceptors (Lipinski definition) is 2. The van der Waals surface area contributed by atoms with E-state index in [2.05, 4.69) is 51.2 Å². The van der Waals surface area contributed by atoms with E-state index < -0.39 is 0 Å². The molecule has 1 aromatic carbocycles. The highest BCUT2D eigenvalue weighted by molar-refractivity contribution is 5.69. The Labute approximate surface area is 110 Å². The summed E-state index contributed by atoms with van der Waals surface area (Å²) in [5.41, 5.74) is 3.74. The van der Waals surface area contributed by atoms with Gasteiger partial charge in [-0.15, -0.1) is 0 Å². The van der Waals surface area contributed by atoms with Crippen molar-refractivity contribution in [3.05, 3.63) is 41.5 Å². The predicted molar refractivity (Wildman–Crippen MR) is 76.3 cm³/mol. The van der Waals surface area contributed by atoms with Gasteiger partial charge in [-0.1, -0.05) is 30.3 Å². The standard InChI is InChI=1S/C16H23NO/c1-15(2)9-14(10-16(3,4)17-15)13-7-5-12(11-18)6-8-13/h5-9,17-18H,10-11H2,1-4H3. The number of nitrogens with one attached hydrogen (secondary N) is 1. The van der Waals surface area contributed by atoms with E-state index in [9.17, 15) is 0 Å². The number of rotatable bonds is 2. The van der Waals surface area contributed by atoms with Crippen LogP contribution in [0, 0.1) is 0 Å². The molecule has 1 aliphatic rings. The summed E-state index contributed by atoms with van der Waals surface area (Å²) in [5, 5.41) is 12.7. The summed E-state index contributed by atoms with van der Waals surface area (Å²) in [6.45, 7) is 9.00. The highest BCUT2D eigenvalue weighted by Gasteiger charge is 2.32. The largest absolute Gasteiger partial charge is 0.392 e. The van der Waals surface area contributed by atoms with Crippen LogP contribution in [0.3, 0.4) is 0 Å². The second-order valence-corrected chi connectivity index (χ2v) is 6.43. The molecule has 2 heteroatoms. The topological polar surface area (TPSA) is 32.3 Å². The van der Waals surface area contributed by atoms with E-state index in [-0.39, 0.29) is 17.7 Å². The lowest BCUT2D eigenvalue weighted by atomic mass is 9.81. The molecule has 0 bridgehead atoms. The Morgan fingerprint density at radius 3 is 2.22 bits per heavy atom. The maximum absolute atomic E-state index is 9.08. The van der Waals surface area contributed by atoms with Crippen LogP contribution in [0.1, 0.15) is 45.2 Å². The number of aliphatic hydroxyl groups excluding tert-OH is 1. The molecule has 0 saturated carbocycles. The summed E-state index contributed by atoms with van der Waals surface area (Å²) in [4.78, 5) is 0. The van der Waals surface area contributed by atoms with Crippen LogP contribution < -0.4 is 5.32 Å². The summed E-state index contributed by atoms with van der Waals surface area (Å²) in [6, 6.07) is 8.21. The first-order valence-electron chi connectivity index (χ1n) is 6.53. The molecule has 98 valence electrons. The van der Waals surface area contributed by atoms with Gasteiger partial charge < -0.3 is 10.4 Å². The van der Waals surface area contributed by atoms with Crippen molar-refractivity contribution in [2.24, 2.45) is 0 Å². The van der Waals surface area contributed by atoms with Crippen LogP contribution in [0.15, 0.2) is 30.3 Å². The molecule has 0 amide bonds. The highest BCUT2D eigenvalue weighted by Crippen LogP contribution is 2.33. The van der Waals surface area contributed by atoms with E-state index in [1.54, 1.807) is 0 Å². The number of aliphatic hydroxyl groups is 1. The Kier molecular flexibility index (Phi) is 3.35. The minimum absolute atomic E-state index is 0.0206. The van der Waals surface area contributed by atoms with Crippen molar-refractivity contribution in [3.63, 3.8) is 0 Å². The fraction of sp³-hybridized carbons (Fsp3) is 0.500. The Morgan fingerprint density at radius 1 is 1.11 bits per heavy atom. The molecule has 0 saturated heterocycles. The molecule has 0 radical (unpaired) electrons. The van der Waals surface area contributed by atoms with Crippen molar-refractivity contribution < 1.29 is 5.11 Å². The van der Waals surface area contributed by atoms with Gasteiger partial charge in [0, 0.05) is 11.1 Å². The van der Waals surface area contributed by atoms with Crippen LogP contribution in [-0.4, -0.2) is 16.2 Å². The van der Waals surface area contributed by atoms with Crippen molar-refractivity contribution in [2.45, 2.75) is 51.8 Å². The molecule has 1 aromatic rings. The lowest BCUT2D eigenvalue weighted by Gasteiger charge is -2.41. The second-order valence-electron chi connectivity index (χ2n) is 6.43. The van der Waals surface area contributed by atoms with Crippen molar-refractivity contribution >= 4 is 5.57 Å². The fourth-order valence-corrected chi connectivity index (χ4v) is 2.92. The van der Waals surface area contributed by atoms with Gasteiger partial charge in [-0.3, -0.25) is 0 Å². The van der Waals surface area contributed by atoms with E-state index in [1.165, 1.54) is 11.1 Å². The summed E-state index contributed by atoms with van der Waals surface area (Å²) in [5.74, 6) is 0. The maximum atomic E-state index is 9.08. The SMILES string of the molecule is CC1(C)C=C(c2ccc(CO)cc2)CC(C)(C)N1. The Morgan fingerprint density at radius 2 is 1.72 bits per heavy atom. The lowest BCUT2D eigenvalue weighted by Crippen LogP contribution is -2.53. The average Bonchev–Trinajstić information content (AvgIpc) is 2.25. The van der Waals surface area contributed by atoms with E-state index in [1.807, 2.05) is 12.1 Å². The van der Waals surface area contributed by atoms with Gasteiger partial charge in [0.05, 0.1) is 6.61 Å². The molecule has 1 aliphatic heterocycles. The van der Waals surface area contributed by atoms with Crippen LogP contribution in [0.25, 0.3) is 5.57 Å². The monoisotopic (exact) mass is 245 g/mol. The summed E-state index contributed by atoms with van der Waals surface area (Å²) in [7, 11) is 0. The average molecular weight is 245 g/mol. The van der Waals surface area contributed by atoms with Crippen molar-refractivity contribution in [1.29, 1.82) is 0 Å². The molecule has 0 aromatic heterocycles. The zero-order chi connectivity index (χ0) is 13.4. The molecule has 0 unspecified atom stereocenters. The Bertz CT molecular complexity index is 454. The third-order valence-corrected chi connectivity index (χ3v) is 3.34. The number of benzene rings is 1. The maximum Gasteiger partial charge on any atom is 0.0681 e. The summed E-state index contributed by atoms with van der Waals surface area (Å²) in [6.07, 6.45) is 3.33. The molecule has 0 spiro atoms. The molecule has 2 rings (SSSR count). The summed E-state index contributed by atoms with van der Waals surface area (Å²) >= 11 is 0. The smallest absolute Gasteiger partial charge is 0.0681 e. The van der Waals surface area contributed by atoms with Gasteiger partial charge in [-0.2, -0.15) is 0 Å². The van der Waals surface area contributed by atoms with Crippen molar-refractivity contribution in [3.8, 4) is 0 Å². The summed E-state index contributed by atoms with van der Waals surface area (Å²) < 4.78 is 0. The van der Waals surface area contributed by atoms with Gasteiger partial charge in [-0.25, -0.2) is 0 Å². The van der Waals surface area contributed by atoms with Gasteiger partial charge in [-0.05, 0) is 50.8 Å². The third kappa shape index (κ3) is 3.01. The predicted octanol–water partition coefficient (Wildman–Crippen LogP) is 3.11. The van der Waals surface area contributed by atoms with E-state index in [0.717, 1.165) is 12.0 Å². The quantitative estimate of drug-likeness (QED) is 0.839. The molecular weight excluding hydrogens is 222 g/mol. The first kappa shape index (κ1) is 13.3. The molecule has 0 fully saturated rings. The molecule has 18 heavy (non-hydrogen) atoms. The zero-order valence-electron chi connectivity index (χ0n) is 11.7. The minimum Gasteiger partial charge on any atom is -0.392 e. The van der Waals surface area contributed by atoms with Crippen LogP contribution in [0.4, 0.5) is 0 Å². The lowest BCUT2D eigenvalue weighted by molar-refractivity contribution is 0.282. The van der Waals surface area contributed by atoms with Crippen LogP contribution in [0.5, 0.6) is 0 Å². The van der Waals surface area contributed by atoms with Gasteiger partial charge in [0.1, 0.15) is 0 Å². The first-order chi connectivity index (χ1) is 8.31. The molecule has 2 N–H and O–H groups in total. The fourth-order valence-electron chi connectivity index (χ4n) is 2.92.